The Kier molecular flexibility index (Phi) is 7.23. The van der Waals surface area contributed by atoms with Crippen LogP contribution >= 0.6 is 0 Å². The van der Waals surface area contributed by atoms with Crippen LogP contribution in [0.2, 0.25) is 0 Å². The molecule has 1 aromatic carbocycles. The standard InChI is InChI=1S/C18H28N2O3/c1-6-20(13-16(21)19-17(22)23-7-2)12-14-8-10-15(11-9-14)18(3,4)5/h8-11H,6-7,12-13H2,1-5H3,(H,19,21,22). The highest BCUT2D eigenvalue weighted by Crippen LogP contribution is 2.22. The fourth-order valence-electron chi connectivity index (χ4n) is 2.17. The van der Waals surface area contributed by atoms with Gasteiger partial charge in [-0.3, -0.25) is 15.0 Å². The number of alkyl carbamates (subject to hydrolysis) is 1. The molecule has 1 rings (SSSR count). The quantitative estimate of drug-likeness (QED) is 0.875. The molecule has 0 radical (unpaired) electrons. The maximum absolute atomic E-state index is 11.8. The van der Waals surface area contributed by atoms with Crippen LogP contribution < -0.4 is 5.32 Å². The van der Waals surface area contributed by atoms with Gasteiger partial charge in [0.1, 0.15) is 0 Å². The van der Waals surface area contributed by atoms with Gasteiger partial charge in [0.2, 0.25) is 5.91 Å². The largest absolute Gasteiger partial charge is 0.450 e. The topological polar surface area (TPSA) is 58.6 Å². The van der Waals surface area contributed by atoms with Crippen molar-refractivity contribution in [1.29, 1.82) is 0 Å². The van der Waals surface area contributed by atoms with Gasteiger partial charge in [-0.2, -0.15) is 0 Å². The van der Waals surface area contributed by atoms with Crippen LogP contribution in [0.5, 0.6) is 0 Å². The number of benzene rings is 1. The lowest BCUT2D eigenvalue weighted by Crippen LogP contribution is -2.40. The fraction of sp³-hybridized carbons (Fsp3) is 0.556. The van der Waals surface area contributed by atoms with Crippen LogP contribution in [-0.2, 0) is 21.5 Å². The van der Waals surface area contributed by atoms with E-state index in [1.807, 2.05) is 11.8 Å². The molecular weight excluding hydrogens is 292 g/mol. The summed E-state index contributed by atoms with van der Waals surface area (Å²) in [5.41, 5.74) is 2.55. The summed E-state index contributed by atoms with van der Waals surface area (Å²) in [5.74, 6) is -0.350. The molecule has 0 heterocycles. The zero-order valence-corrected chi connectivity index (χ0v) is 14.8. The highest BCUT2D eigenvalue weighted by Gasteiger charge is 2.15. The molecule has 23 heavy (non-hydrogen) atoms. The van der Waals surface area contributed by atoms with Crippen molar-refractivity contribution in [2.45, 2.75) is 46.6 Å². The molecule has 0 bridgehead atoms. The molecule has 0 atom stereocenters. The van der Waals surface area contributed by atoms with Crippen molar-refractivity contribution in [1.82, 2.24) is 10.2 Å². The van der Waals surface area contributed by atoms with E-state index in [4.69, 9.17) is 4.74 Å². The minimum Gasteiger partial charge on any atom is -0.450 e. The Balaban J connectivity index is 2.59. The summed E-state index contributed by atoms with van der Waals surface area (Å²) in [6, 6.07) is 8.43. The number of nitrogens with zero attached hydrogens (tertiary/aromatic N) is 1. The number of nitrogens with one attached hydrogen (secondary N) is 1. The second kappa shape index (κ2) is 8.67. The molecule has 0 aliphatic rings. The smallest absolute Gasteiger partial charge is 0.413 e. The molecule has 2 amide bonds. The van der Waals surface area contributed by atoms with Gasteiger partial charge in [0, 0.05) is 6.54 Å². The number of likely N-dealkylation sites (N-methyl/N-ethyl adjacent to an activating group) is 1. The molecule has 0 saturated carbocycles. The molecule has 1 N–H and O–H groups in total. The van der Waals surface area contributed by atoms with Crippen molar-refractivity contribution in [3.05, 3.63) is 35.4 Å². The summed E-state index contributed by atoms with van der Waals surface area (Å²) in [5, 5.41) is 2.22. The van der Waals surface area contributed by atoms with Gasteiger partial charge >= 0.3 is 6.09 Å². The molecule has 128 valence electrons. The van der Waals surface area contributed by atoms with Crippen LogP contribution in [0.4, 0.5) is 4.79 Å². The summed E-state index contributed by atoms with van der Waals surface area (Å²) in [6.07, 6.45) is -0.692. The highest BCUT2D eigenvalue weighted by molar-refractivity contribution is 5.92. The zero-order valence-electron chi connectivity index (χ0n) is 14.8. The summed E-state index contributed by atoms with van der Waals surface area (Å²) < 4.78 is 4.70. The Morgan fingerprint density at radius 3 is 2.22 bits per heavy atom. The predicted octanol–water partition coefficient (Wildman–Crippen LogP) is 3.08. The second-order valence-electron chi connectivity index (χ2n) is 6.52. The molecule has 5 nitrogen and oxygen atoms in total. The highest BCUT2D eigenvalue weighted by atomic mass is 16.5. The molecule has 0 aromatic heterocycles. The number of hydrogen-bond donors (Lipinski definition) is 1. The first-order valence-corrected chi connectivity index (χ1v) is 8.04. The van der Waals surface area contributed by atoms with Crippen molar-refractivity contribution in [3.63, 3.8) is 0 Å². The van der Waals surface area contributed by atoms with Gasteiger partial charge in [-0.05, 0) is 30.0 Å². The van der Waals surface area contributed by atoms with Crippen molar-refractivity contribution in [2.24, 2.45) is 0 Å². The molecule has 0 fully saturated rings. The van der Waals surface area contributed by atoms with Crippen molar-refractivity contribution in [3.8, 4) is 0 Å². The first-order chi connectivity index (χ1) is 10.8. The minimum absolute atomic E-state index is 0.127. The molecule has 1 aromatic rings. The third kappa shape index (κ3) is 6.82. The summed E-state index contributed by atoms with van der Waals surface area (Å²) in [4.78, 5) is 25.0. The Morgan fingerprint density at radius 2 is 1.74 bits per heavy atom. The third-order valence-electron chi connectivity index (χ3n) is 3.56. The molecule has 0 spiro atoms. The summed E-state index contributed by atoms with van der Waals surface area (Å²) in [7, 11) is 0. The number of rotatable bonds is 6. The van der Waals surface area contributed by atoms with E-state index in [1.165, 1.54) is 5.56 Å². The van der Waals surface area contributed by atoms with E-state index >= 15 is 0 Å². The fourth-order valence-corrected chi connectivity index (χ4v) is 2.17. The number of carbonyl (C=O) groups is 2. The van der Waals surface area contributed by atoms with Crippen molar-refractivity contribution < 1.29 is 14.3 Å². The Bertz CT molecular complexity index is 518. The lowest BCUT2D eigenvalue weighted by Gasteiger charge is -2.22. The van der Waals surface area contributed by atoms with Gasteiger partial charge < -0.3 is 4.74 Å². The van der Waals surface area contributed by atoms with Crippen LogP contribution in [0, 0.1) is 0 Å². The number of amides is 2. The Hall–Kier alpha value is -1.88. The van der Waals surface area contributed by atoms with Crippen LogP contribution in [0.3, 0.4) is 0 Å². The molecular formula is C18H28N2O3. The van der Waals surface area contributed by atoms with Crippen LogP contribution in [0.15, 0.2) is 24.3 Å². The van der Waals surface area contributed by atoms with E-state index in [1.54, 1.807) is 6.92 Å². The molecule has 5 heteroatoms. The van der Waals surface area contributed by atoms with Crippen molar-refractivity contribution >= 4 is 12.0 Å². The molecule has 0 unspecified atom stereocenters. The van der Waals surface area contributed by atoms with Gasteiger partial charge in [-0.1, -0.05) is 52.0 Å². The first-order valence-electron chi connectivity index (χ1n) is 8.04. The number of hydrogen-bond acceptors (Lipinski definition) is 4. The van der Waals surface area contributed by atoms with E-state index < -0.39 is 6.09 Å². The van der Waals surface area contributed by atoms with E-state index in [0.717, 1.165) is 12.1 Å². The van der Waals surface area contributed by atoms with Crippen molar-refractivity contribution in [2.75, 3.05) is 19.7 Å². The van der Waals surface area contributed by atoms with Gasteiger partial charge in [-0.15, -0.1) is 0 Å². The average Bonchev–Trinajstić information content (AvgIpc) is 2.46. The Labute approximate surface area is 139 Å². The predicted molar refractivity (Wildman–Crippen MR) is 91.3 cm³/mol. The molecule has 0 aliphatic heterocycles. The van der Waals surface area contributed by atoms with E-state index in [-0.39, 0.29) is 24.5 Å². The maximum atomic E-state index is 11.8. The summed E-state index contributed by atoms with van der Waals surface area (Å²) in [6.45, 7) is 12.0. The maximum Gasteiger partial charge on any atom is 0.413 e. The van der Waals surface area contributed by atoms with E-state index in [0.29, 0.717) is 6.54 Å². The summed E-state index contributed by atoms with van der Waals surface area (Å²) >= 11 is 0. The van der Waals surface area contributed by atoms with Crippen LogP contribution in [0.1, 0.15) is 45.7 Å². The zero-order chi connectivity index (χ0) is 17.5. The lowest BCUT2D eigenvalue weighted by atomic mass is 9.87. The number of carbonyl (C=O) groups excluding carboxylic acids is 2. The normalized spacial score (nSPS) is 11.4. The SMILES string of the molecule is CCOC(=O)NC(=O)CN(CC)Cc1ccc(C(C)(C)C)cc1. The minimum atomic E-state index is -0.692. The first kappa shape index (κ1) is 19.2. The van der Waals surface area contributed by atoms with Gasteiger partial charge in [0.25, 0.3) is 0 Å². The second-order valence-corrected chi connectivity index (χ2v) is 6.52. The van der Waals surface area contributed by atoms with Crippen LogP contribution in [0.25, 0.3) is 0 Å². The third-order valence-corrected chi connectivity index (χ3v) is 3.56. The Morgan fingerprint density at radius 1 is 1.13 bits per heavy atom. The lowest BCUT2D eigenvalue weighted by molar-refractivity contribution is -0.121. The van der Waals surface area contributed by atoms with Gasteiger partial charge in [-0.25, -0.2) is 4.79 Å². The van der Waals surface area contributed by atoms with E-state index in [2.05, 4.69) is 50.4 Å². The number of ether oxygens (including phenoxy) is 1. The van der Waals surface area contributed by atoms with Crippen LogP contribution in [-0.4, -0.2) is 36.6 Å². The monoisotopic (exact) mass is 320 g/mol. The van der Waals surface area contributed by atoms with Gasteiger partial charge in [0.05, 0.1) is 13.2 Å². The molecule has 0 saturated heterocycles. The molecule has 0 aliphatic carbocycles. The average molecular weight is 320 g/mol. The van der Waals surface area contributed by atoms with Gasteiger partial charge in [0.15, 0.2) is 0 Å². The number of imide groups is 1. The van der Waals surface area contributed by atoms with E-state index in [9.17, 15) is 9.59 Å².